The van der Waals surface area contributed by atoms with E-state index in [1.807, 2.05) is 17.9 Å². The highest BCUT2D eigenvalue weighted by Crippen LogP contribution is 2.11. The Balaban J connectivity index is 2.01. The van der Waals surface area contributed by atoms with Crippen molar-refractivity contribution < 1.29 is 9.59 Å². The molecule has 20 heavy (non-hydrogen) atoms. The Labute approximate surface area is 127 Å². The first-order valence-corrected chi connectivity index (χ1v) is 7.59. The lowest BCUT2D eigenvalue weighted by molar-refractivity contribution is -0.130. The summed E-state index contributed by atoms with van der Waals surface area (Å²) in [5, 5.41) is 0. The van der Waals surface area contributed by atoms with E-state index in [0.717, 1.165) is 17.4 Å². The molecule has 2 heterocycles. The van der Waals surface area contributed by atoms with Gasteiger partial charge in [0.15, 0.2) is 0 Å². The van der Waals surface area contributed by atoms with Crippen LogP contribution in [-0.2, 0) is 4.79 Å². The Kier molecular flexibility index (Phi) is 5.11. The Morgan fingerprint density at radius 2 is 1.90 bits per heavy atom. The number of carbonyl (C=O) groups is 2. The summed E-state index contributed by atoms with van der Waals surface area (Å²) in [6, 6.07) is 3.53. The van der Waals surface area contributed by atoms with Crippen molar-refractivity contribution in [1.82, 2.24) is 14.8 Å². The number of amides is 2. The lowest BCUT2D eigenvalue weighted by Gasteiger charge is -2.21. The molecule has 0 unspecified atom stereocenters. The number of pyridine rings is 1. The van der Waals surface area contributed by atoms with Crippen LogP contribution in [0.4, 0.5) is 0 Å². The lowest BCUT2D eigenvalue weighted by Crippen LogP contribution is -2.37. The summed E-state index contributed by atoms with van der Waals surface area (Å²) in [6.07, 6.45) is 2.95. The van der Waals surface area contributed by atoms with E-state index >= 15 is 0 Å². The van der Waals surface area contributed by atoms with E-state index in [2.05, 4.69) is 20.9 Å². The third-order valence-corrected chi connectivity index (χ3v) is 3.85. The fraction of sp³-hybridized carbons (Fsp3) is 0.500. The van der Waals surface area contributed by atoms with Crippen molar-refractivity contribution in [2.75, 3.05) is 26.2 Å². The minimum Gasteiger partial charge on any atom is -0.341 e. The van der Waals surface area contributed by atoms with Gasteiger partial charge in [-0.05, 0) is 34.5 Å². The maximum Gasteiger partial charge on any atom is 0.272 e. The van der Waals surface area contributed by atoms with Crippen molar-refractivity contribution in [3.05, 3.63) is 28.5 Å². The number of hydrogen-bond donors (Lipinski definition) is 0. The molecule has 2 amide bonds. The highest BCUT2D eigenvalue weighted by Gasteiger charge is 2.22. The molecule has 0 atom stereocenters. The van der Waals surface area contributed by atoms with Crippen molar-refractivity contribution in [2.45, 2.75) is 19.8 Å². The second kappa shape index (κ2) is 6.83. The molecular weight excluding hydrogens is 322 g/mol. The average Bonchev–Trinajstić information content (AvgIpc) is 2.72. The van der Waals surface area contributed by atoms with Crippen LogP contribution >= 0.6 is 15.9 Å². The maximum atomic E-state index is 12.4. The van der Waals surface area contributed by atoms with Gasteiger partial charge in [0.05, 0.1) is 0 Å². The number of rotatable bonds is 2. The number of hydrogen-bond acceptors (Lipinski definition) is 3. The molecule has 0 bridgehead atoms. The van der Waals surface area contributed by atoms with Crippen molar-refractivity contribution in [3.63, 3.8) is 0 Å². The van der Waals surface area contributed by atoms with E-state index in [1.165, 1.54) is 0 Å². The predicted octanol–water partition coefficient (Wildman–Crippen LogP) is 1.93. The van der Waals surface area contributed by atoms with Crippen LogP contribution in [0.5, 0.6) is 0 Å². The first-order chi connectivity index (χ1) is 9.61. The van der Waals surface area contributed by atoms with Gasteiger partial charge in [0, 0.05) is 43.3 Å². The van der Waals surface area contributed by atoms with Gasteiger partial charge in [0.25, 0.3) is 5.91 Å². The average molecular weight is 340 g/mol. The molecule has 0 saturated carbocycles. The van der Waals surface area contributed by atoms with Gasteiger partial charge in [-0.15, -0.1) is 0 Å². The minimum absolute atomic E-state index is 0.0664. The standard InChI is InChI=1S/C14H18BrN3O2/c1-2-13(19)17-6-3-7-18(9-8-17)14(20)12-5-4-11(15)10-16-12/h4-5,10H,2-3,6-9H2,1H3. The highest BCUT2D eigenvalue weighted by molar-refractivity contribution is 9.10. The van der Waals surface area contributed by atoms with Crippen LogP contribution < -0.4 is 0 Å². The molecule has 1 aliphatic heterocycles. The summed E-state index contributed by atoms with van der Waals surface area (Å²) in [5.41, 5.74) is 0.448. The SMILES string of the molecule is CCC(=O)N1CCCN(C(=O)c2ccc(Br)cn2)CC1. The molecule has 0 aromatic carbocycles. The molecule has 108 valence electrons. The second-order valence-electron chi connectivity index (χ2n) is 4.74. The summed E-state index contributed by atoms with van der Waals surface area (Å²) in [5.74, 6) is 0.0874. The van der Waals surface area contributed by atoms with Crippen LogP contribution in [0.1, 0.15) is 30.3 Å². The first-order valence-electron chi connectivity index (χ1n) is 6.80. The van der Waals surface area contributed by atoms with Gasteiger partial charge in [0.2, 0.25) is 5.91 Å². The molecule has 1 aromatic rings. The predicted molar refractivity (Wildman–Crippen MR) is 79.3 cm³/mol. The van der Waals surface area contributed by atoms with Gasteiger partial charge in [-0.1, -0.05) is 6.92 Å². The van der Waals surface area contributed by atoms with Crippen LogP contribution in [0.2, 0.25) is 0 Å². The largest absolute Gasteiger partial charge is 0.341 e. The topological polar surface area (TPSA) is 53.5 Å². The van der Waals surface area contributed by atoms with E-state index in [-0.39, 0.29) is 11.8 Å². The molecule has 2 rings (SSSR count). The van der Waals surface area contributed by atoms with E-state index in [1.54, 1.807) is 17.2 Å². The summed E-state index contributed by atoms with van der Waals surface area (Å²) in [7, 11) is 0. The molecule has 6 heteroatoms. The van der Waals surface area contributed by atoms with Crippen LogP contribution in [0, 0.1) is 0 Å². The van der Waals surface area contributed by atoms with Crippen molar-refractivity contribution in [3.8, 4) is 0 Å². The van der Waals surface area contributed by atoms with E-state index in [9.17, 15) is 9.59 Å². The summed E-state index contributed by atoms with van der Waals surface area (Å²) in [6.45, 7) is 4.44. The van der Waals surface area contributed by atoms with Gasteiger partial charge >= 0.3 is 0 Å². The second-order valence-corrected chi connectivity index (χ2v) is 5.66. The molecule has 1 saturated heterocycles. The quantitative estimate of drug-likeness (QED) is 0.827. The van der Waals surface area contributed by atoms with Gasteiger partial charge < -0.3 is 9.80 Å². The molecule has 1 fully saturated rings. The summed E-state index contributed by atoms with van der Waals surface area (Å²) < 4.78 is 0.852. The summed E-state index contributed by atoms with van der Waals surface area (Å²) in [4.78, 5) is 31.8. The third-order valence-electron chi connectivity index (χ3n) is 3.38. The minimum atomic E-state index is -0.0664. The molecule has 1 aliphatic rings. The molecular formula is C14H18BrN3O2. The van der Waals surface area contributed by atoms with E-state index < -0.39 is 0 Å². The summed E-state index contributed by atoms with van der Waals surface area (Å²) >= 11 is 3.30. The molecule has 0 radical (unpaired) electrons. The van der Waals surface area contributed by atoms with Gasteiger partial charge in [0.1, 0.15) is 5.69 Å². The fourth-order valence-electron chi connectivity index (χ4n) is 2.26. The molecule has 1 aromatic heterocycles. The zero-order valence-corrected chi connectivity index (χ0v) is 13.1. The Morgan fingerprint density at radius 1 is 1.20 bits per heavy atom. The zero-order valence-electron chi connectivity index (χ0n) is 11.5. The maximum absolute atomic E-state index is 12.4. The van der Waals surface area contributed by atoms with Crippen LogP contribution in [0.15, 0.2) is 22.8 Å². The number of carbonyl (C=O) groups excluding carboxylic acids is 2. The monoisotopic (exact) mass is 339 g/mol. The Hall–Kier alpha value is -1.43. The normalized spacial score (nSPS) is 15.9. The lowest BCUT2D eigenvalue weighted by atomic mass is 10.3. The third kappa shape index (κ3) is 3.56. The van der Waals surface area contributed by atoms with E-state index in [0.29, 0.717) is 31.7 Å². The van der Waals surface area contributed by atoms with Gasteiger partial charge in [-0.3, -0.25) is 9.59 Å². The zero-order chi connectivity index (χ0) is 14.5. The van der Waals surface area contributed by atoms with E-state index in [4.69, 9.17) is 0 Å². The Morgan fingerprint density at radius 3 is 2.55 bits per heavy atom. The van der Waals surface area contributed by atoms with Crippen molar-refractivity contribution in [2.24, 2.45) is 0 Å². The molecule has 0 aliphatic carbocycles. The van der Waals surface area contributed by atoms with Crippen LogP contribution in [-0.4, -0.2) is 52.8 Å². The van der Waals surface area contributed by atoms with Crippen molar-refractivity contribution >= 4 is 27.7 Å². The van der Waals surface area contributed by atoms with Crippen molar-refractivity contribution in [1.29, 1.82) is 0 Å². The van der Waals surface area contributed by atoms with Gasteiger partial charge in [-0.25, -0.2) is 4.98 Å². The number of aromatic nitrogens is 1. The van der Waals surface area contributed by atoms with Crippen LogP contribution in [0.25, 0.3) is 0 Å². The smallest absolute Gasteiger partial charge is 0.272 e. The Bertz CT molecular complexity index is 490. The van der Waals surface area contributed by atoms with Gasteiger partial charge in [-0.2, -0.15) is 0 Å². The molecule has 5 nitrogen and oxygen atoms in total. The van der Waals surface area contributed by atoms with Crippen LogP contribution in [0.3, 0.4) is 0 Å². The first kappa shape index (κ1) is 15.0. The number of halogens is 1. The number of nitrogens with zero attached hydrogens (tertiary/aromatic N) is 3. The molecule has 0 spiro atoms. The highest BCUT2D eigenvalue weighted by atomic mass is 79.9. The fourth-order valence-corrected chi connectivity index (χ4v) is 2.49. The molecule has 0 N–H and O–H groups in total.